The molecule has 0 unspecified atom stereocenters. The first-order chi connectivity index (χ1) is 13.8. The fourth-order valence-corrected chi connectivity index (χ4v) is 4.38. The van der Waals surface area contributed by atoms with E-state index in [1.165, 1.54) is 32.1 Å². The number of rotatable bonds is 5. The van der Waals surface area contributed by atoms with Gasteiger partial charge in [0.1, 0.15) is 5.69 Å². The van der Waals surface area contributed by atoms with E-state index in [1.807, 2.05) is 47.3 Å². The summed E-state index contributed by atoms with van der Waals surface area (Å²) in [5.74, 6) is 0. The largest absolute Gasteiger partial charge is 0.359 e. The Morgan fingerprint density at radius 3 is 2.71 bits per heavy atom. The molecule has 1 aliphatic rings. The second-order valence-corrected chi connectivity index (χ2v) is 8.22. The molecule has 2 N–H and O–H groups in total. The van der Waals surface area contributed by atoms with E-state index in [4.69, 9.17) is 17.3 Å². The van der Waals surface area contributed by atoms with Gasteiger partial charge >= 0.3 is 0 Å². The smallest absolute Gasteiger partial charge is 0.187 e. The number of aromatic nitrogens is 2. The van der Waals surface area contributed by atoms with Crippen molar-refractivity contribution in [3.8, 4) is 16.3 Å². The van der Waals surface area contributed by atoms with Gasteiger partial charge in [-0.05, 0) is 48.6 Å². The van der Waals surface area contributed by atoms with Crippen molar-refractivity contribution in [1.82, 2.24) is 20.5 Å². The summed E-state index contributed by atoms with van der Waals surface area (Å²) in [6, 6.07) is 14.7. The standard InChI is InChI=1S/C21H23N5S2/c27-21(23-17-8-3-1-4-9-17)24-22-14-16-15-26(18-10-5-2-6-11-18)25-20(16)19-12-7-13-28-19/h2,5-7,10-15,17H,1,3-4,8-9H2,(H2,23,24,27). The lowest BCUT2D eigenvalue weighted by atomic mass is 9.96. The average molecular weight is 410 g/mol. The number of hydrogen-bond donors (Lipinski definition) is 2. The Morgan fingerprint density at radius 2 is 1.96 bits per heavy atom. The maximum atomic E-state index is 5.39. The highest BCUT2D eigenvalue weighted by atomic mass is 32.1. The molecule has 0 bridgehead atoms. The molecule has 1 aliphatic carbocycles. The van der Waals surface area contributed by atoms with Crippen molar-refractivity contribution in [2.45, 2.75) is 38.1 Å². The molecule has 0 radical (unpaired) electrons. The first-order valence-electron chi connectivity index (χ1n) is 9.58. The molecule has 0 amide bonds. The molecule has 0 spiro atoms. The van der Waals surface area contributed by atoms with E-state index >= 15 is 0 Å². The van der Waals surface area contributed by atoms with Crippen molar-refractivity contribution in [3.05, 3.63) is 59.6 Å². The number of thiophene rings is 1. The zero-order valence-electron chi connectivity index (χ0n) is 15.5. The van der Waals surface area contributed by atoms with Gasteiger partial charge in [0.2, 0.25) is 0 Å². The van der Waals surface area contributed by atoms with Gasteiger partial charge in [-0.3, -0.25) is 5.43 Å². The van der Waals surface area contributed by atoms with E-state index in [1.54, 1.807) is 17.6 Å². The minimum Gasteiger partial charge on any atom is -0.359 e. The normalized spacial score (nSPS) is 15.0. The number of benzene rings is 1. The van der Waals surface area contributed by atoms with E-state index in [0.717, 1.165) is 21.8 Å². The summed E-state index contributed by atoms with van der Waals surface area (Å²) < 4.78 is 1.88. The molecule has 2 aromatic heterocycles. The third-order valence-corrected chi connectivity index (χ3v) is 5.91. The quantitative estimate of drug-likeness (QED) is 0.363. The summed E-state index contributed by atoms with van der Waals surface area (Å²) >= 11 is 7.06. The van der Waals surface area contributed by atoms with Crippen LogP contribution in [0.5, 0.6) is 0 Å². The molecule has 5 nitrogen and oxygen atoms in total. The van der Waals surface area contributed by atoms with Crippen LogP contribution in [0.2, 0.25) is 0 Å². The van der Waals surface area contributed by atoms with E-state index in [-0.39, 0.29) is 0 Å². The van der Waals surface area contributed by atoms with Crippen LogP contribution in [0.1, 0.15) is 37.7 Å². The Hall–Kier alpha value is -2.51. The van der Waals surface area contributed by atoms with Gasteiger partial charge in [0.25, 0.3) is 0 Å². The van der Waals surface area contributed by atoms with Crippen molar-refractivity contribution in [1.29, 1.82) is 0 Å². The van der Waals surface area contributed by atoms with Crippen LogP contribution in [-0.4, -0.2) is 27.1 Å². The summed E-state index contributed by atoms with van der Waals surface area (Å²) in [6.45, 7) is 0. The second-order valence-electron chi connectivity index (χ2n) is 6.87. The zero-order valence-corrected chi connectivity index (χ0v) is 17.2. The number of para-hydroxylation sites is 1. The molecule has 1 fully saturated rings. The summed E-state index contributed by atoms with van der Waals surface area (Å²) in [4.78, 5) is 1.11. The van der Waals surface area contributed by atoms with E-state index in [0.29, 0.717) is 11.2 Å². The van der Waals surface area contributed by atoms with Crippen LogP contribution in [0.4, 0.5) is 0 Å². The first-order valence-corrected chi connectivity index (χ1v) is 10.9. The Morgan fingerprint density at radius 1 is 1.14 bits per heavy atom. The van der Waals surface area contributed by atoms with Gasteiger partial charge in [-0.25, -0.2) is 4.68 Å². The third-order valence-electron chi connectivity index (χ3n) is 4.83. The predicted octanol–water partition coefficient (Wildman–Crippen LogP) is 4.73. The molecule has 7 heteroatoms. The summed E-state index contributed by atoms with van der Waals surface area (Å²) in [5, 5.41) is 15.1. The van der Waals surface area contributed by atoms with Crippen molar-refractivity contribution in [2.24, 2.45) is 5.10 Å². The maximum absolute atomic E-state index is 5.39. The summed E-state index contributed by atoms with van der Waals surface area (Å²) in [6.07, 6.45) is 10.0. The van der Waals surface area contributed by atoms with E-state index in [9.17, 15) is 0 Å². The molecule has 0 atom stereocenters. The van der Waals surface area contributed by atoms with Crippen LogP contribution < -0.4 is 10.7 Å². The van der Waals surface area contributed by atoms with Gasteiger partial charge in [0.15, 0.2) is 5.11 Å². The predicted molar refractivity (Wildman–Crippen MR) is 120 cm³/mol. The van der Waals surface area contributed by atoms with Crippen molar-refractivity contribution < 1.29 is 0 Å². The van der Waals surface area contributed by atoms with Crippen LogP contribution in [0.25, 0.3) is 16.3 Å². The van der Waals surface area contributed by atoms with Crippen LogP contribution in [0, 0.1) is 0 Å². The van der Waals surface area contributed by atoms with Crippen molar-refractivity contribution in [3.63, 3.8) is 0 Å². The van der Waals surface area contributed by atoms with Gasteiger partial charge in [-0.1, -0.05) is 43.5 Å². The lowest BCUT2D eigenvalue weighted by Crippen LogP contribution is -2.40. The average Bonchev–Trinajstić information content (AvgIpc) is 3.39. The topological polar surface area (TPSA) is 54.2 Å². The van der Waals surface area contributed by atoms with Gasteiger partial charge in [0, 0.05) is 17.8 Å². The van der Waals surface area contributed by atoms with Gasteiger partial charge in [-0.2, -0.15) is 10.2 Å². The molecule has 2 heterocycles. The SMILES string of the molecule is S=C(NN=Cc1cn(-c2ccccc2)nc1-c1cccs1)NC1CCCCC1. The van der Waals surface area contributed by atoms with E-state index < -0.39 is 0 Å². The first kappa shape index (κ1) is 18.8. The molecule has 1 aromatic carbocycles. The highest BCUT2D eigenvalue weighted by Crippen LogP contribution is 2.26. The zero-order chi connectivity index (χ0) is 19.2. The van der Waals surface area contributed by atoms with Gasteiger partial charge < -0.3 is 5.32 Å². The summed E-state index contributed by atoms with van der Waals surface area (Å²) in [5.41, 5.74) is 5.83. The Labute approximate surface area is 174 Å². The summed E-state index contributed by atoms with van der Waals surface area (Å²) in [7, 11) is 0. The third kappa shape index (κ3) is 4.66. The number of hydrogen-bond acceptors (Lipinski definition) is 4. The minimum absolute atomic E-state index is 0.464. The highest BCUT2D eigenvalue weighted by Gasteiger charge is 2.14. The number of thiocarbonyl (C=S) groups is 1. The lowest BCUT2D eigenvalue weighted by molar-refractivity contribution is 0.412. The second kappa shape index (κ2) is 9.12. The minimum atomic E-state index is 0.464. The molecule has 0 aliphatic heterocycles. The molecule has 4 rings (SSSR count). The number of nitrogens with zero attached hydrogens (tertiary/aromatic N) is 3. The maximum Gasteiger partial charge on any atom is 0.187 e. The molecular weight excluding hydrogens is 386 g/mol. The van der Waals surface area contributed by atoms with Crippen LogP contribution >= 0.6 is 23.6 Å². The lowest BCUT2D eigenvalue weighted by Gasteiger charge is -2.23. The van der Waals surface area contributed by atoms with Crippen molar-refractivity contribution >= 4 is 34.9 Å². The highest BCUT2D eigenvalue weighted by molar-refractivity contribution is 7.80. The van der Waals surface area contributed by atoms with Crippen LogP contribution in [0.15, 0.2) is 59.1 Å². The number of hydrazone groups is 1. The number of nitrogens with one attached hydrogen (secondary N) is 2. The van der Waals surface area contributed by atoms with Crippen LogP contribution in [-0.2, 0) is 0 Å². The van der Waals surface area contributed by atoms with E-state index in [2.05, 4.69) is 27.3 Å². The molecule has 28 heavy (non-hydrogen) atoms. The molecule has 0 saturated heterocycles. The monoisotopic (exact) mass is 409 g/mol. The Bertz CT molecular complexity index is 925. The Kier molecular flexibility index (Phi) is 6.14. The molecule has 144 valence electrons. The fraction of sp³-hybridized carbons (Fsp3) is 0.286. The molecule has 3 aromatic rings. The molecular formula is C21H23N5S2. The Balaban J connectivity index is 1.49. The van der Waals surface area contributed by atoms with Crippen molar-refractivity contribution in [2.75, 3.05) is 0 Å². The molecule has 1 saturated carbocycles. The van der Waals surface area contributed by atoms with Crippen LogP contribution in [0.3, 0.4) is 0 Å². The van der Waals surface area contributed by atoms with Gasteiger partial charge in [0.05, 0.1) is 16.8 Å². The van der Waals surface area contributed by atoms with Gasteiger partial charge in [-0.15, -0.1) is 11.3 Å². The fourth-order valence-electron chi connectivity index (χ4n) is 3.42.